The largest absolute Gasteiger partial charge is 0.377 e. The van der Waals surface area contributed by atoms with E-state index in [1.165, 1.54) is 25.9 Å². The molecule has 0 amide bonds. The molecule has 2 heterocycles. The standard InChI is InChI=1S/C4H9N.C2H4O/c1-2-4-5-3-1;1-2-3-1/h5H,1-4H2;1-2H2. The molecule has 2 aliphatic heterocycles. The maximum Gasteiger partial charge on any atom is 0.0701 e. The van der Waals surface area contributed by atoms with Crippen LogP contribution in [0.1, 0.15) is 12.8 Å². The third-order valence-corrected chi connectivity index (χ3v) is 1.16. The Labute approximate surface area is 50.2 Å². The molecule has 2 nitrogen and oxygen atoms in total. The summed E-state index contributed by atoms with van der Waals surface area (Å²) in [5.41, 5.74) is 0. The molecule has 2 heteroatoms. The highest BCUT2D eigenvalue weighted by atomic mass is 16.6. The second-order valence-electron chi connectivity index (χ2n) is 2.07. The molecular formula is C6H13NO. The van der Waals surface area contributed by atoms with Crippen LogP contribution in [0.2, 0.25) is 0 Å². The molecule has 2 rings (SSSR count). The van der Waals surface area contributed by atoms with Gasteiger partial charge < -0.3 is 10.1 Å². The number of nitrogens with one attached hydrogen (secondary N) is 1. The van der Waals surface area contributed by atoms with Crippen LogP contribution in [0.4, 0.5) is 0 Å². The van der Waals surface area contributed by atoms with Crippen LogP contribution < -0.4 is 5.32 Å². The van der Waals surface area contributed by atoms with Gasteiger partial charge in [-0.05, 0) is 25.9 Å². The predicted octanol–water partition coefficient (Wildman–Crippen LogP) is 0.386. The van der Waals surface area contributed by atoms with Crippen molar-refractivity contribution in [2.75, 3.05) is 26.3 Å². The topological polar surface area (TPSA) is 24.6 Å². The molecule has 8 heavy (non-hydrogen) atoms. The molecule has 1 N–H and O–H groups in total. The van der Waals surface area contributed by atoms with Crippen molar-refractivity contribution < 1.29 is 4.74 Å². The highest BCUT2D eigenvalue weighted by molar-refractivity contribution is 4.55. The quantitative estimate of drug-likeness (QED) is 0.462. The molecular weight excluding hydrogens is 102 g/mol. The van der Waals surface area contributed by atoms with Gasteiger partial charge in [0.1, 0.15) is 0 Å². The first-order valence-corrected chi connectivity index (χ1v) is 3.28. The van der Waals surface area contributed by atoms with E-state index in [1.54, 1.807) is 0 Å². The van der Waals surface area contributed by atoms with Crippen LogP contribution in [0.5, 0.6) is 0 Å². The van der Waals surface area contributed by atoms with Gasteiger partial charge in [0.25, 0.3) is 0 Å². The van der Waals surface area contributed by atoms with Crippen molar-refractivity contribution in [1.82, 2.24) is 5.32 Å². The lowest BCUT2D eigenvalue weighted by molar-refractivity contribution is 0.475. The van der Waals surface area contributed by atoms with E-state index in [2.05, 4.69) is 10.1 Å². The zero-order chi connectivity index (χ0) is 5.66. The van der Waals surface area contributed by atoms with Gasteiger partial charge in [-0.25, -0.2) is 0 Å². The number of hydrogen-bond donors (Lipinski definition) is 1. The molecule has 0 aromatic carbocycles. The highest BCUT2D eigenvalue weighted by Crippen LogP contribution is 1.90. The fourth-order valence-corrected chi connectivity index (χ4v) is 0.625. The number of ether oxygens (including phenoxy) is 1. The summed E-state index contributed by atoms with van der Waals surface area (Å²) in [5.74, 6) is 0. The molecule has 0 unspecified atom stereocenters. The molecule has 0 saturated carbocycles. The second-order valence-corrected chi connectivity index (χ2v) is 2.07. The van der Waals surface area contributed by atoms with Gasteiger partial charge in [0.05, 0.1) is 13.2 Å². The molecule has 48 valence electrons. The van der Waals surface area contributed by atoms with E-state index in [0.29, 0.717) is 0 Å². The zero-order valence-electron chi connectivity index (χ0n) is 5.15. The average Bonchev–Trinajstić information content (AvgIpc) is 2.55. The first kappa shape index (κ1) is 6.05. The lowest BCUT2D eigenvalue weighted by atomic mass is 10.4. The van der Waals surface area contributed by atoms with E-state index in [0.717, 1.165) is 13.2 Å². The van der Waals surface area contributed by atoms with Crippen LogP contribution in [0.25, 0.3) is 0 Å². The summed E-state index contributed by atoms with van der Waals surface area (Å²) >= 11 is 0. The SMILES string of the molecule is C1CCNC1.C1CO1. The normalized spacial score (nSPS) is 24.0. The van der Waals surface area contributed by atoms with Gasteiger partial charge in [0, 0.05) is 0 Å². The van der Waals surface area contributed by atoms with Crippen molar-refractivity contribution in [3.05, 3.63) is 0 Å². The van der Waals surface area contributed by atoms with Gasteiger partial charge in [0.15, 0.2) is 0 Å². The van der Waals surface area contributed by atoms with Crippen molar-refractivity contribution in [3.63, 3.8) is 0 Å². The maximum atomic E-state index is 4.50. The summed E-state index contributed by atoms with van der Waals surface area (Å²) in [5, 5.41) is 3.22. The lowest BCUT2D eigenvalue weighted by Gasteiger charge is -1.76. The van der Waals surface area contributed by atoms with E-state index >= 15 is 0 Å². The maximum absolute atomic E-state index is 4.50. The Hall–Kier alpha value is -0.0800. The molecule has 0 aromatic heterocycles. The highest BCUT2D eigenvalue weighted by Gasteiger charge is 1.94. The van der Waals surface area contributed by atoms with Crippen LogP contribution >= 0.6 is 0 Å². The first-order valence-electron chi connectivity index (χ1n) is 3.28. The smallest absolute Gasteiger partial charge is 0.0701 e. The summed E-state index contributed by atoms with van der Waals surface area (Å²) in [7, 11) is 0. The monoisotopic (exact) mass is 115 g/mol. The van der Waals surface area contributed by atoms with Gasteiger partial charge in [-0.2, -0.15) is 0 Å². The number of rotatable bonds is 0. The molecule has 0 aliphatic carbocycles. The van der Waals surface area contributed by atoms with E-state index < -0.39 is 0 Å². The molecule has 0 aromatic rings. The van der Waals surface area contributed by atoms with Crippen LogP contribution in [0.3, 0.4) is 0 Å². The third kappa shape index (κ3) is 4.09. The predicted molar refractivity (Wildman–Crippen MR) is 32.9 cm³/mol. The molecule has 0 atom stereocenters. The minimum absolute atomic E-state index is 1.00. The Kier molecular flexibility index (Phi) is 2.92. The Bertz CT molecular complexity index is 40.1. The van der Waals surface area contributed by atoms with Gasteiger partial charge in [-0.1, -0.05) is 0 Å². The molecule has 0 spiro atoms. The summed E-state index contributed by atoms with van der Waals surface area (Å²) < 4.78 is 4.50. The van der Waals surface area contributed by atoms with Crippen molar-refractivity contribution >= 4 is 0 Å². The lowest BCUT2D eigenvalue weighted by Crippen LogP contribution is -2.03. The summed E-state index contributed by atoms with van der Waals surface area (Å²) in [6.45, 7) is 4.50. The fourth-order valence-electron chi connectivity index (χ4n) is 0.625. The Morgan fingerprint density at radius 2 is 1.50 bits per heavy atom. The van der Waals surface area contributed by atoms with Gasteiger partial charge in [-0.15, -0.1) is 0 Å². The fraction of sp³-hybridized carbons (Fsp3) is 1.00. The van der Waals surface area contributed by atoms with E-state index in [9.17, 15) is 0 Å². The van der Waals surface area contributed by atoms with Crippen molar-refractivity contribution in [3.8, 4) is 0 Å². The average molecular weight is 115 g/mol. The molecule has 2 aliphatic rings. The first-order chi connectivity index (χ1) is 4.00. The molecule has 0 radical (unpaired) electrons. The Balaban J connectivity index is 0.0000000907. The van der Waals surface area contributed by atoms with Crippen molar-refractivity contribution in [2.24, 2.45) is 0 Å². The Morgan fingerprint density at radius 1 is 1.00 bits per heavy atom. The number of epoxide rings is 1. The van der Waals surface area contributed by atoms with E-state index in [4.69, 9.17) is 0 Å². The van der Waals surface area contributed by atoms with Crippen LogP contribution in [-0.2, 0) is 4.74 Å². The van der Waals surface area contributed by atoms with Crippen LogP contribution in [0.15, 0.2) is 0 Å². The molecule has 2 fully saturated rings. The minimum Gasteiger partial charge on any atom is -0.377 e. The van der Waals surface area contributed by atoms with Crippen molar-refractivity contribution in [2.45, 2.75) is 12.8 Å². The summed E-state index contributed by atoms with van der Waals surface area (Å²) in [6, 6.07) is 0. The van der Waals surface area contributed by atoms with Crippen LogP contribution in [0, 0.1) is 0 Å². The van der Waals surface area contributed by atoms with E-state index in [-0.39, 0.29) is 0 Å². The van der Waals surface area contributed by atoms with Gasteiger partial charge >= 0.3 is 0 Å². The van der Waals surface area contributed by atoms with Gasteiger partial charge in [0.2, 0.25) is 0 Å². The third-order valence-electron chi connectivity index (χ3n) is 1.16. The molecule has 0 bridgehead atoms. The van der Waals surface area contributed by atoms with Gasteiger partial charge in [-0.3, -0.25) is 0 Å². The van der Waals surface area contributed by atoms with E-state index in [1.807, 2.05) is 0 Å². The summed E-state index contributed by atoms with van der Waals surface area (Å²) in [4.78, 5) is 0. The summed E-state index contributed by atoms with van der Waals surface area (Å²) in [6.07, 6.45) is 2.78. The van der Waals surface area contributed by atoms with Crippen molar-refractivity contribution in [1.29, 1.82) is 0 Å². The number of hydrogen-bond acceptors (Lipinski definition) is 2. The van der Waals surface area contributed by atoms with Crippen LogP contribution in [-0.4, -0.2) is 26.3 Å². The zero-order valence-corrected chi connectivity index (χ0v) is 5.15. The Morgan fingerprint density at radius 3 is 1.62 bits per heavy atom. The minimum atomic E-state index is 1.00. The molecule has 2 saturated heterocycles. The second kappa shape index (κ2) is 3.87.